The molecule has 2 unspecified atom stereocenters. The number of ether oxygens (including phenoxy) is 1. The van der Waals surface area contributed by atoms with Gasteiger partial charge in [-0.25, -0.2) is 13.6 Å². The predicted molar refractivity (Wildman–Crippen MR) is 93.7 cm³/mol. The number of rotatable bonds is 4. The minimum Gasteiger partial charge on any atom is -0.442 e. The first-order valence-corrected chi connectivity index (χ1v) is 9.64. The number of cyclic esters (lactones) is 1. The number of likely N-dealkylation sites (N-methyl/N-ethyl adjacent to an activating group) is 1. The summed E-state index contributed by atoms with van der Waals surface area (Å²) in [6.07, 6.45) is 5.81. The number of hydrogen-bond acceptors (Lipinski definition) is 3. The van der Waals surface area contributed by atoms with Gasteiger partial charge in [-0.15, -0.1) is 0 Å². The summed E-state index contributed by atoms with van der Waals surface area (Å²) in [4.78, 5) is 14.3. The molecule has 26 heavy (non-hydrogen) atoms. The summed E-state index contributed by atoms with van der Waals surface area (Å²) in [5.41, 5.74) is 0.572. The van der Waals surface area contributed by atoms with E-state index in [2.05, 4.69) is 5.32 Å². The average molecular weight is 364 g/mol. The van der Waals surface area contributed by atoms with Gasteiger partial charge in [-0.05, 0) is 55.8 Å². The third kappa shape index (κ3) is 3.31. The number of piperidine rings is 1. The number of carbonyl (C=O) groups is 1. The molecule has 1 saturated carbocycles. The largest absolute Gasteiger partial charge is 0.442 e. The molecule has 1 aliphatic carbocycles. The fourth-order valence-corrected chi connectivity index (χ4v) is 5.16. The second-order valence-corrected chi connectivity index (χ2v) is 7.99. The van der Waals surface area contributed by atoms with E-state index in [-0.39, 0.29) is 24.3 Å². The van der Waals surface area contributed by atoms with Crippen LogP contribution >= 0.6 is 0 Å². The third-order valence-electron chi connectivity index (χ3n) is 6.44. The van der Waals surface area contributed by atoms with Crippen LogP contribution in [0.2, 0.25) is 0 Å². The van der Waals surface area contributed by atoms with Crippen LogP contribution in [0, 0.1) is 23.5 Å². The van der Waals surface area contributed by atoms with Crippen molar-refractivity contribution in [3.05, 3.63) is 35.4 Å². The first-order valence-electron chi connectivity index (χ1n) is 9.64. The molecule has 142 valence electrons. The molecular formula is C20H26F2N2O2. The highest BCUT2D eigenvalue weighted by molar-refractivity contribution is 5.71. The van der Waals surface area contributed by atoms with E-state index in [1.54, 1.807) is 0 Å². The number of halogens is 2. The molecule has 0 spiro atoms. The maximum atomic E-state index is 13.5. The van der Waals surface area contributed by atoms with Crippen molar-refractivity contribution in [1.82, 2.24) is 10.2 Å². The quantitative estimate of drug-likeness (QED) is 0.889. The number of nitrogens with zero attached hydrogens (tertiary/aromatic N) is 1. The lowest BCUT2D eigenvalue weighted by atomic mass is 9.72. The van der Waals surface area contributed by atoms with Crippen molar-refractivity contribution < 1.29 is 18.3 Å². The zero-order valence-electron chi connectivity index (χ0n) is 15.1. The smallest absolute Gasteiger partial charge is 0.410 e. The molecule has 2 saturated heterocycles. The topological polar surface area (TPSA) is 41.6 Å². The van der Waals surface area contributed by atoms with Gasteiger partial charge in [-0.2, -0.15) is 0 Å². The highest BCUT2D eigenvalue weighted by Gasteiger charge is 2.50. The van der Waals surface area contributed by atoms with Gasteiger partial charge in [-0.3, -0.25) is 0 Å². The number of nitrogens with one attached hydrogen (secondary N) is 1. The van der Waals surface area contributed by atoms with Gasteiger partial charge in [0.05, 0.1) is 12.1 Å². The van der Waals surface area contributed by atoms with Crippen molar-refractivity contribution >= 4 is 6.09 Å². The predicted octanol–water partition coefficient (Wildman–Crippen LogP) is 3.49. The Labute approximate surface area is 152 Å². The Morgan fingerprint density at radius 2 is 1.88 bits per heavy atom. The first kappa shape index (κ1) is 17.7. The standard InChI is InChI=1S/C20H26F2N2O2/c1-23-17(8-12-6-15(21)10-16(22)7-12)19-18-9-13-4-2-3-5-14(13)11-24(18)20(25)26-19/h6-7,10,13-14,17-19,23H,2-5,8-9,11H2,1H3/t13?,14?,17-,18-,19-/m0/s1. The van der Waals surface area contributed by atoms with E-state index in [1.807, 2.05) is 11.9 Å². The van der Waals surface area contributed by atoms with Crippen molar-refractivity contribution in [3.63, 3.8) is 0 Å². The summed E-state index contributed by atoms with van der Waals surface area (Å²) < 4.78 is 32.8. The molecule has 1 aromatic carbocycles. The summed E-state index contributed by atoms with van der Waals surface area (Å²) in [6, 6.07) is 3.45. The molecule has 4 rings (SSSR count). The summed E-state index contributed by atoms with van der Waals surface area (Å²) in [7, 11) is 1.81. The van der Waals surface area contributed by atoms with Crippen molar-refractivity contribution in [2.24, 2.45) is 11.8 Å². The number of fused-ring (bicyclic) bond motifs is 2. The van der Waals surface area contributed by atoms with Crippen LogP contribution in [0.5, 0.6) is 0 Å². The number of hydrogen-bond donors (Lipinski definition) is 1. The van der Waals surface area contributed by atoms with Gasteiger partial charge in [0.25, 0.3) is 0 Å². The Bertz CT molecular complexity index is 664. The van der Waals surface area contributed by atoms with Crippen LogP contribution in [-0.2, 0) is 11.2 Å². The third-order valence-corrected chi connectivity index (χ3v) is 6.44. The molecular weight excluding hydrogens is 338 g/mol. The van der Waals surface area contributed by atoms with Crippen LogP contribution < -0.4 is 5.32 Å². The zero-order valence-corrected chi connectivity index (χ0v) is 15.1. The first-order chi connectivity index (χ1) is 12.5. The number of benzene rings is 1. The minimum atomic E-state index is -0.581. The minimum absolute atomic E-state index is 0.0534. The Hall–Kier alpha value is -1.69. The summed E-state index contributed by atoms with van der Waals surface area (Å²) in [6.45, 7) is 0.787. The Morgan fingerprint density at radius 1 is 1.19 bits per heavy atom. The van der Waals surface area contributed by atoms with Gasteiger partial charge in [0.1, 0.15) is 17.7 Å². The maximum absolute atomic E-state index is 13.5. The van der Waals surface area contributed by atoms with Gasteiger partial charge in [0.15, 0.2) is 0 Å². The lowest BCUT2D eigenvalue weighted by Gasteiger charge is -2.43. The van der Waals surface area contributed by atoms with Crippen LogP contribution in [0.3, 0.4) is 0 Å². The molecule has 5 atom stereocenters. The van der Waals surface area contributed by atoms with Gasteiger partial charge in [0, 0.05) is 12.6 Å². The molecule has 1 N–H and O–H groups in total. The van der Waals surface area contributed by atoms with Gasteiger partial charge < -0.3 is 15.0 Å². The molecule has 0 bridgehead atoms. The molecule has 1 aromatic rings. The second-order valence-electron chi connectivity index (χ2n) is 7.99. The van der Waals surface area contributed by atoms with E-state index >= 15 is 0 Å². The molecule has 2 aliphatic heterocycles. The van der Waals surface area contributed by atoms with Crippen molar-refractivity contribution in [2.45, 2.75) is 56.7 Å². The van der Waals surface area contributed by atoms with E-state index in [4.69, 9.17) is 4.74 Å². The lowest BCUT2D eigenvalue weighted by molar-refractivity contribution is 0.0605. The summed E-state index contributed by atoms with van der Waals surface area (Å²) in [5, 5.41) is 3.21. The molecule has 0 aromatic heterocycles. The molecule has 1 amide bonds. The van der Waals surface area contributed by atoms with E-state index in [9.17, 15) is 13.6 Å². The number of carbonyl (C=O) groups excluding carboxylic acids is 1. The van der Waals surface area contributed by atoms with Crippen LogP contribution in [0.1, 0.15) is 37.7 Å². The van der Waals surface area contributed by atoms with Crippen molar-refractivity contribution in [2.75, 3.05) is 13.6 Å². The highest BCUT2D eigenvalue weighted by atomic mass is 19.1. The molecule has 3 fully saturated rings. The normalized spacial score (nSPS) is 32.0. The van der Waals surface area contributed by atoms with E-state index < -0.39 is 11.6 Å². The summed E-state index contributed by atoms with van der Waals surface area (Å²) in [5.74, 6) is 0.0907. The van der Waals surface area contributed by atoms with Gasteiger partial charge in [-0.1, -0.05) is 19.3 Å². The molecule has 4 nitrogen and oxygen atoms in total. The lowest BCUT2D eigenvalue weighted by Crippen LogP contribution is -2.53. The Balaban J connectivity index is 1.52. The molecule has 2 heterocycles. The maximum Gasteiger partial charge on any atom is 0.410 e. The van der Waals surface area contributed by atoms with Crippen LogP contribution in [0.15, 0.2) is 18.2 Å². The monoisotopic (exact) mass is 364 g/mol. The highest BCUT2D eigenvalue weighted by Crippen LogP contribution is 2.42. The number of amides is 1. The molecule has 0 radical (unpaired) electrons. The van der Waals surface area contributed by atoms with E-state index in [0.29, 0.717) is 23.8 Å². The zero-order chi connectivity index (χ0) is 18.3. The van der Waals surface area contributed by atoms with Crippen LogP contribution in [0.25, 0.3) is 0 Å². The van der Waals surface area contributed by atoms with Gasteiger partial charge >= 0.3 is 6.09 Å². The molecule has 3 aliphatic rings. The fraction of sp³-hybridized carbons (Fsp3) is 0.650. The Morgan fingerprint density at radius 3 is 2.58 bits per heavy atom. The van der Waals surface area contributed by atoms with E-state index in [1.165, 1.54) is 37.8 Å². The van der Waals surface area contributed by atoms with Crippen LogP contribution in [0.4, 0.5) is 13.6 Å². The Kier molecular flexibility index (Phi) is 4.86. The second kappa shape index (κ2) is 7.14. The summed E-state index contributed by atoms with van der Waals surface area (Å²) >= 11 is 0. The van der Waals surface area contributed by atoms with Crippen molar-refractivity contribution in [3.8, 4) is 0 Å². The molecule has 6 heteroatoms. The fourth-order valence-electron chi connectivity index (χ4n) is 5.16. The SMILES string of the molecule is CN[C@@H](Cc1cc(F)cc(F)c1)[C@@H]1OC(=O)N2CC3CCCCC3C[C@@H]12. The van der Waals surface area contributed by atoms with Gasteiger partial charge in [0.2, 0.25) is 0 Å². The average Bonchev–Trinajstić information content (AvgIpc) is 2.93. The van der Waals surface area contributed by atoms with Crippen LogP contribution in [-0.4, -0.2) is 42.8 Å². The van der Waals surface area contributed by atoms with Crippen molar-refractivity contribution in [1.29, 1.82) is 0 Å². The van der Waals surface area contributed by atoms with E-state index in [0.717, 1.165) is 19.0 Å².